The zero-order valence-corrected chi connectivity index (χ0v) is 8.21. The van der Waals surface area contributed by atoms with Gasteiger partial charge in [-0.3, -0.25) is 0 Å². The molecule has 4 N–H and O–H groups in total. The van der Waals surface area contributed by atoms with Gasteiger partial charge in [-0.25, -0.2) is 0 Å². The van der Waals surface area contributed by atoms with Gasteiger partial charge in [-0.15, -0.1) is 0 Å². The minimum atomic E-state index is -1.03. The molecule has 4 heteroatoms. The van der Waals surface area contributed by atoms with Crippen molar-refractivity contribution < 1.29 is 20.4 Å². The van der Waals surface area contributed by atoms with Gasteiger partial charge in [0.15, 0.2) is 0 Å². The molecule has 1 aliphatic carbocycles. The van der Waals surface area contributed by atoms with Crippen LogP contribution < -0.4 is 0 Å². The zero-order chi connectivity index (χ0) is 10.6. The van der Waals surface area contributed by atoms with E-state index in [-0.39, 0.29) is 12.5 Å². The highest BCUT2D eigenvalue weighted by Crippen LogP contribution is 2.31. The van der Waals surface area contributed by atoms with Crippen molar-refractivity contribution in [2.75, 3.05) is 13.2 Å². The summed E-state index contributed by atoms with van der Waals surface area (Å²) in [6, 6.07) is 0. The fraction of sp³-hybridized carbons (Fsp3) is 0.900. The van der Waals surface area contributed by atoms with E-state index in [4.69, 9.17) is 10.2 Å². The molecule has 0 aromatic carbocycles. The minimum absolute atomic E-state index is 0.119. The van der Waals surface area contributed by atoms with Crippen LogP contribution in [0.1, 0.15) is 19.3 Å². The van der Waals surface area contributed by atoms with Crippen LogP contribution in [0.5, 0.6) is 0 Å². The van der Waals surface area contributed by atoms with Crippen molar-refractivity contribution in [2.24, 2.45) is 11.8 Å². The maximum absolute atomic E-state index is 9.86. The summed E-state index contributed by atoms with van der Waals surface area (Å²) in [5, 5.41) is 37.0. The maximum Gasteiger partial charge on any atom is 0.0845 e. The van der Waals surface area contributed by atoms with Gasteiger partial charge < -0.3 is 20.4 Å². The molecule has 1 saturated carbocycles. The minimum Gasteiger partial charge on any atom is -0.396 e. The lowest BCUT2D eigenvalue weighted by Crippen LogP contribution is -2.40. The summed E-state index contributed by atoms with van der Waals surface area (Å²) < 4.78 is 0. The summed E-state index contributed by atoms with van der Waals surface area (Å²) in [5.74, 6) is -0.509. The molecule has 14 heavy (non-hydrogen) atoms. The highest BCUT2D eigenvalue weighted by atomic mass is 16.3. The molecule has 4 atom stereocenters. The molecule has 0 aliphatic heterocycles. The number of hydrogen-bond donors (Lipinski definition) is 4. The largest absolute Gasteiger partial charge is 0.396 e. The average molecular weight is 203 g/mol. The van der Waals surface area contributed by atoms with Crippen molar-refractivity contribution in [2.45, 2.75) is 31.5 Å². The van der Waals surface area contributed by atoms with Gasteiger partial charge in [0.1, 0.15) is 0 Å². The van der Waals surface area contributed by atoms with E-state index in [9.17, 15) is 10.2 Å². The molecule has 1 fully saturated rings. The van der Waals surface area contributed by atoms with Gasteiger partial charge in [0.2, 0.25) is 0 Å². The van der Waals surface area contributed by atoms with E-state index in [2.05, 4.69) is 6.42 Å². The highest BCUT2D eigenvalue weighted by Gasteiger charge is 2.33. The number of aliphatic hydroxyl groups excluding tert-OH is 4. The normalized spacial score (nSPS) is 24.9. The summed E-state index contributed by atoms with van der Waals surface area (Å²) in [4.78, 5) is 0. The highest BCUT2D eigenvalue weighted by molar-refractivity contribution is 4.89. The van der Waals surface area contributed by atoms with Gasteiger partial charge in [-0.1, -0.05) is 0 Å². The van der Waals surface area contributed by atoms with E-state index in [1.54, 1.807) is 0 Å². The Hall–Kier alpha value is -0.160. The van der Waals surface area contributed by atoms with Crippen LogP contribution in [0, 0.1) is 18.3 Å². The summed E-state index contributed by atoms with van der Waals surface area (Å²) in [5.41, 5.74) is 0. The number of hydrogen-bond acceptors (Lipinski definition) is 4. The first-order chi connectivity index (χ1) is 6.70. The van der Waals surface area contributed by atoms with E-state index in [0.29, 0.717) is 0 Å². The molecule has 0 aromatic rings. The first-order valence-electron chi connectivity index (χ1n) is 5.10. The van der Waals surface area contributed by atoms with Crippen LogP contribution in [0.2, 0.25) is 0 Å². The van der Waals surface area contributed by atoms with E-state index < -0.39 is 24.7 Å². The third kappa shape index (κ3) is 2.67. The molecule has 1 rings (SSSR count). The lowest BCUT2D eigenvalue weighted by atomic mass is 9.87. The molecule has 4 unspecified atom stereocenters. The number of aliphatic hydroxyl groups is 4. The van der Waals surface area contributed by atoms with Crippen LogP contribution in [0.4, 0.5) is 0 Å². The van der Waals surface area contributed by atoms with Crippen molar-refractivity contribution in [1.82, 2.24) is 0 Å². The Morgan fingerprint density at radius 3 is 2.36 bits per heavy atom. The lowest BCUT2D eigenvalue weighted by molar-refractivity contribution is -0.0586. The Morgan fingerprint density at radius 2 is 1.93 bits per heavy atom. The Morgan fingerprint density at radius 1 is 1.21 bits per heavy atom. The van der Waals surface area contributed by atoms with Gasteiger partial charge in [0.25, 0.3) is 0 Å². The molecule has 0 heterocycles. The van der Waals surface area contributed by atoms with E-state index >= 15 is 0 Å². The fourth-order valence-corrected chi connectivity index (χ4v) is 2.03. The maximum atomic E-state index is 9.86. The van der Waals surface area contributed by atoms with Crippen LogP contribution in [0.15, 0.2) is 0 Å². The molecule has 0 saturated heterocycles. The molecule has 0 bridgehead atoms. The molecule has 1 aliphatic rings. The Balaban J connectivity index is 2.49. The fourth-order valence-electron chi connectivity index (χ4n) is 2.03. The standard InChI is InChI=1S/C10H19O4/c11-5-8(9(13)6-12)10(14)7-3-1-2-4-7/h1,7-14H,2-6H2. The van der Waals surface area contributed by atoms with E-state index in [0.717, 1.165) is 19.3 Å². The predicted octanol–water partition coefficient (Wildman–Crippen LogP) is -0.687. The second-order valence-corrected chi connectivity index (χ2v) is 3.95. The molecule has 1 radical (unpaired) electrons. The van der Waals surface area contributed by atoms with E-state index in [1.807, 2.05) is 0 Å². The van der Waals surface area contributed by atoms with Crippen LogP contribution in [0.25, 0.3) is 0 Å². The Labute approximate surface area is 84.2 Å². The van der Waals surface area contributed by atoms with Crippen LogP contribution >= 0.6 is 0 Å². The van der Waals surface area contributed by atoms with Gasteiger partial charge in [-0.05, 0) is 31.6 Å². The smallest absolute Gasteiger partial charge is 0.0845 e. The van der Waals surface area contributed by atoms with Crippen LogP contribution in [-0.4, -0.2) is 45.8 Å². The summed E-state index contributed by atoms with van der Waals surface area (Å²) >= 11 is 0. The van der Waals surface area contributed by atoms with E-state index in [1.165, 1.54) is 0 Å². The summed E-state index contributed by atoms with van der Waals surface area (Å²) in [6.45, 7) is -0.710. The Kier molecular flexibility index (Phi) is 4.81. The molecular weight excluding hydrogens is 184 g/mol. The predicted molar refractivity (Wildman–Crippen MR) is 51.3 cm³/mol. The van der Waals surface area contributed by atoms with Gasteiger partial charge in [0, 0.05) is 5.92 Å². The van der Waals surface area contributed by atoms with Crippen molar-refractivity contribution in [3.05, 3.63) is 6.42 Å². The SMILES string of the molecule is OCC(O)C(CO)C(O)C1C[CH]CC1. The molecular formula is C10H19O4. The van der Waals surface area contributed by atoms with Gasteiger partial charge in [0.05, 0.1) is 25.4 Å². The van der Waals surface area contributed by atoms with Crippen LogP contribution in [0.3, 0.4) is 0 Å². The first kappa shape index (κ1) is 11.9. The zero-order valence-electron chi connectivity index (χ0n) is 8.21. The van der Waals surface area contributed by atoms with Crippen molar-refractivity contribution in [1.29, 1.82) is 0 Å². The topological polar surface area (TPSA) is 80.9 Å². The average Bonchev–Trinajstić information content (AvgIpc) is 2.71. The lowest BCUT2D eigenvalue weighted by Gasteiger charge is -2.28. The monoisotopic (exact) mass is 203 g/mol. The molecule has 0 spiro atoms. The first-order valence-corrected chi connectivity index (χ1v) is 5.10. The quantitative estimate of drug-likeness (QED) is 0.477. The van der Waals surface area contributed by atoms with Crippen molar-refractivity contribution in [3.8, 4) is 0 Å². The van der Waals surface area contributed by atoms with Crippen molar-refractivity contribution in [3.63, 3.8) is 0 Å². The second kappa shape index (κ2) is 5.66. The van der Waals surface area contributed by atoms with Gasteiger partial charge in [-0.2, -0.15) is 0 Å². The molecule has 83 valence electrons. The number of rotatable bonds is 5. The van der Waals surface area contributed by atoms with Crippen LogP contribution in [-0.2, 0) is 0 Å². The third-order valence-electron chi connectivity index (χ3n) is 3.02. The third-order valence-corrected chi connectivity index (χ3v) is 3.02. The van der Waals surface area contributed by atoms with Gasteiger partial charge >= 0.3 is 0 Å². The molecule has 0 aromatic heterocycles. The van der Waals surface area contributed by atoms with Crippen molar-refractivity contribution >= 4 is 0 Å². The summed E-state index contributed by atoms with van der Waals surface area (Å²) in [6.07, 6.45) is 3.06. The second-order valence-electron chi connectivity index (χ2n) is 3.95. The molecule has 0 amide bonds. The Bertz CT molecular complexity index is 156. The molecule has 4 nitrogen and oxygen atoms in total. The summed E-state index contributed by atoms with van der Waals surface area (Å²) in [7, 11) is 0.